The molecule has 118 valence electrons. The van der Waals surface area contributed by atoms with Crippen LogP contribution >= 0.6 is 30.9 Å². The lowest BCUT2D eigenvalue weighted by molar-refractivity contribution is -0.384. The minimum Gasteiger partial charge on any atom is -0.301 e. The number of hydrogen-bond acceptors (Lipinski definition) is 4. The van der Waals surface area contributed by atoms with Crippen LogP contribution in [0.25, 0.3) is 0 Å². The maximum absolute atomic E-state index is 12.3. The van der Waals surface area contributed by atoms with Crippen LogP contribution in [-0.4, -0.2) is 34.4 Å². The highest BCUT2D eigenvalue weighted by Gasteiger charge is 2.26. The first-order chi connectivity index (χ1) is 9.90. The van der Waals surface area contributed by atoms with E-state index in [0.717, 1.165) is 0 Å². The molecule has 0 fully saturated rings. The van der Waals surface area contributed by atoms with Gasteiger partial charge in [0.25, 0.3) is 5.69 Å². The van der Waals surface area contributed by atoms with Gasteiger partial charge in [-0.2, -0.15) is 0 Å². The Morgan fingerprint density at radius 3 is 2.48 bits per heavy atom. The summed E-state index contributed by atoms with van der Waals surface area (Å²) in [6.45, 7) is 0.449. The van der Waals surface area contributed by atoms with Crippen LogP contribution in [0.3, 0.4) is 0 Å². The summed E-state index contributed by atoms with van der Waals surface area (Å²) in [7, 11) is -3.55. The summed E-state index contributed by atoms with van der Waals surface area (Å²) >= 11 is 11.2. The molecule has 0 aliphatic heterocycles. The van der Waals surface area contributed by atoms with E-state index in [2.05, 4.69) is 0 Å². The van der Waals surface area contributed by atoms with Crippen molar-refractivity contribution in [1.82, 2.24) is 4.67 Å². The van der Waals surface area contributed by atoms with Crippen molar-refractivity contribution in [2.45, 2.75) is 6.61 Å². The standard InChI is InChI=1S/C11H16Cl2N3O4P/c12-4-6-15(7-5-13)21(14,19)20-9-10-2-1-3-11(8-10)16(17)18/h1-3,8H,4-7,9H2,(H2,14,19). The van der Waals surface area contributed by atoms with Crippen molar-refractivity contribution in [3.8, 4) is 0 Å². The largest absolute Gasteiger partial charge is 0.341 e. The Hall–Kier alpha value is -0.690. The predicted octanol–water partition coefficient (Wildman–Crippen LogP) is 2.96. The van der Waals surface area contributed by atoms with E-state index in [4.69, 9.17) is 33.2 Å². The van der Waals surface area contributed by atoms with Crippen LogP contribution in [0.15, 0.2) is 24.3 Å². The van der Waals surface area contributed by atoms with Gasteiger partial charge >= 0.3 is 7.67 Å². The zero-order chi connectivity index (χ0) is 15.9. The van der Waals surface area contributed by atoms with E-state index < -0.39 is 12.6 Å². The summed E-state index contributed by atoms with van der Waals surface area (Å²) in [6, 6.07) is 5.85. The van der Waals surface area contributed by atoms with Crippen LogP contribution in [0, 0.1) is 10.1 Å². The van der Waals surface area contributed by atoms with E-state index in [-0.39, 0.29) is 37.1 Å². The molecule has 1 atom stereocenters. The van der Waals surface area contributed by atoms with E-state index in [9.17, 15) is 14.7 Å². The average molecular weight is 356 g/mol. The van der Waals surface area contributed by atoms with Gasteiger partial charge in [-0.3, -0.25) is 14.7 Å². The fourth-order valence-corrected chi connectivity index (χ4v) is 3.49. The number of nitrogens with two attached hydrogens (primary N) is 1. The molecule has 0 heterocycles. The normalized spacial score (nSPS) is 14.1. The Morgan fingerprint density at radius 1 is 1.33 bits per heavy atom. The molecule has 0 aliphatic carbocycles. The molecule has 0 bridgehead atoms. The maximum atomic E-state index is 12.3. The smallest absolute Gasteiger partial charge is 0.301 e. The number of hydrogen-bond donors (Lipinski definition) is 1. The lowest BCUT2D eigenvalue weighted by Crippen LogP contribution is -2.29. The van der Waals surface area contributed by atoms with Gasteiger partial charge in [-0.25, -0.2) is 10.2 Å². The summed E-state index contributed by atoms with van der Waals surface area (Å²) in [4.78, 5) is 10.2. The Morgan fingerprint density at radius 2 is 1.95 bits per heavy atom. The monoisotopic (exact) mass is 355 g/mol. The number of nitrogens with zero attached hydrogens (tertiary/aromatic N) is 2. The third-order valence-corrected chi connectivity index (χ3v) is 4.64. The average Bonchev–Trinajstić information content (AvgIpc) is 2.45. The SMILES string of the molecule is NP(=O)(OCc1cccc([N+](=O)[O-])c1)N(CCCl)CCCl. The highest BCUT2D eigenvalue weighted by Crippen LogP contribution is 2.43. The second kappa shape index (κ2) is 8.68. The number of nitro benzene ring substituents is 1. The molecule has 10 heteroatoms. The van der Waals surface area contributed by atoms with Crippen LogP contribution < -0.4 is 5.50 Å². The van der Waals surface area contributed by atoms with Crippen molar-refractivity contribution in [3.05, 3.63) is 39.9 Å². The van der Waals surface area contributed by atoms with E-state index in [1.807, 2.05) is 0 Å². The number of non-ortho nitro benzene ring substituents is 1. The number of benzene rings is 1. The van der Waals surface area contributed by atoms with Crippen LogP contribution in [-0.2, 0) is 15.7 Å². The molecule has 0 amide bonds. The van der Waals surface area contributed by atoms with E-state index in [0.29, 0.717) is 5.56 Å². The van der Waals surface area contributed by atoms with Crippen molar-refractivity contribution in [2.24, 2.45) is 5.50 Å². The van der Waals surface area contributed by atoms with Crippen molar-refractivity contribution in [2.75, 3.05) is 24.8 Å². The van der Waals surface area contributed by atoms with E-state index in [1.165, 1.54) is 22.9 Å². The van der Waals surface area contributed by atoms with Crippen molar-refractivity contribution < 1.29 is 14.0 Å². The molecule has 1 aromatic carbocycles. The number of rotatable bonds is 9. The summed E-state index contributed by atoms with van der Waals surface area (Å²) in [6.07, 6.45) is 0. The minimum absolute atomic E-state index is 0.0682. The Labute approximate surface area is 132 Å². The Bertz CT molecular complexity index is 526. The van der Waals surface area contributed by atoms with E-state index in [1.54, 1.807) is 6.07 Å². The predicted molar refractivity (Wildman–Crippen MR) is 82.7 cm³/mol. The number of nitro groups is 1. The molecule has 1 aromatic rings. The molecule has 7 nitrogen and oxygen atoms in total. The van der Waals surface area contributed by atoms with Gasteiger partial charge in [-0.15, -0.1) is 23.2 Å². The zero-order valence-corrected chi connectivity index (χ0v) is 13.6. The van der Waals surface area contributed by atoms with Gasteiger partial charge in [-0.1, -0.05) is 12.1 Å². The third kappa shape index (κ3) is 5.90. The van der Waals surface area contributed by atoms with E-state index >= 15 is 0 Å². The van der Waals surface area contributed by atoms with Gasteiger partial charge in [0.05, 0.1) is 11.5 Å². The molecule has 2 N–H and O–H groups in total. The van der Waals surface area contributed by atoms with Crippen LogP contribution in [0.4, 0.5) is 5.69 Å². The van der Waals surface area contributed by atoms with Gasteiger partial charge < -0.3 is 4.52 Å². The molecule has 0 radical (unpaired) electrons. The van der Waals surface area contributed by atoms with Crippen molar-refractivity contribution in [3.63, 3.8) is 0 Å². The topological polar surface area (TPSA) is 98.7 Å². The molecule has 0 saturated carbocycles. The second-order valence-electron chi connectivity index (χ2n) is 4.10. The molecule has 21 heavy (non-hydrogen) atoms. The van der Waals surface area contributed by atoms with Crippen LogP contribution in [0.2, 0.25) is 0 Å². The quantitative estimate of drug-likeness (QED) is 0.316. The Kier molecular flexibility index (Phi) is 7.59. The van der Waals surface area contributed by atoms with Gasteiger partial charge in [0.15, 0.2) is 0 Å². The Balaban J connectivity index is 2.73. The number of alkyl halides is 2. The number of halogens is 2. The molecule has 1 rings (SSSR count). The summed E-state index contributed by atoms with van der Waals surface area (Å²) < 4.78 is 18.9. The molecule has 1 unspecified atom stereocenters. The van der Waals surface area contributed by atoms with Crippen molar-refractivity contribution in [1.29, 1.82) is 0 Å². The molecule has 0 spiro atoms. The molecular formula is C11H16Cl2N3O4P. The highest BCUT2D eigenvalue weighted by molar-refractivity contribution is 7.53. The summed E-state index contributed by atoms with van der Waals surface area (Å²) in [5, 5.41) is 10.7. The lowest BCUT2D eigenvalue weighted by atomic mass is 10.2. The second-order valence-corrected chi connectivity index (χ2v) is 6.80. The van der Waals surface area contributed by atoms with Gasteiger partial charge in [0.1, 0.15) is 0 Å². The third-order valence-electron chi connectivity index (χ3n) is 2.62. The van der Waals surface area contributed by atoms with Crippen LogP contribution in [0.1, 0.15) is 5.56 Å². The lowest BCUT2D eigenvalue weighted by Gasteiger charge is -2.26. The van der Waals surface area contributed by atoms with Gasteiger partial charge in [0.2, 0.25) is 0 Å². The minimum atomic E-state index is -3.55. The fraction of sp³-hybridized carbons (Fsp3) is 0.455. The first-order valence-corrected chi connectivity index (χ1v) is 8.76. The van der Waals surface area contributed by atoms with Gasteiger partial charge in [-0.05, 0) is 5.56 Å². The first kappa shape index (κ1) is 18.4. The highest BCUT2D eigenvalue weighted by atomic mass is 35.5. The van der Waals surface area contributed by atoms with Crippen LogP contribution in [0.5, 0.6) is 0 Å². The van der Waals surface area contributed by atoms with Gasteiger partial charge in [0, 0.05) is 37.0 Å². The molecular weight excluding hydrogens is 340 g/mol. The summed E-state index contributed by atoms with van der Waals surface area (Å²) in [5.41, 5.74) is 6.12. The molecule has 0 aromatic heterocycles. The molecule has 0 saturated heterocycles. The maximum Gasteiger partial charge on any atom is 0.341 e. The fourth-order valence-electron chi connectivity index (χ4n) is 1.59. The first-order valence-electron chi connectivity index (χ1n) is 6.04. The molecule has 0 aliphatic rings. The summed E-state index contributed by atoms with van der Waals surface area (Å²) in [5.74, 6) is 0.469. The van der Waals surface area contributed by atoms with Crippen molar-refractivity contribution >= 4 is 36.6 Å². The zero-order valence-electron chi connectivity index (χ0n) is 11.2.